The van der Waals surface area contributed by atoms with Crippen LogP contribution in [0.1, 0.15) is 11.1 Å². The summed E-state index contributed by atoms with van der Waals surface area (Å²) in [5.74, 6) is -0.809. The number of aromatic nitrogens is 2. The van der Waals surface area contributed by atoms with E-state index in [4.69, 9.17) is 5.11 Å². The molecule has 0 saturated carbocycles. The van der Waals surface area contributed by atoms with E-state index in [1.807, 2.05) is 18.4 Å². The molecule has 0 spiro atoms. The molecule has 0 aliphatic carbocycles. The smallest absolute Gasteiger partial charge is 0.313 e. The number of carboxylic acids is 1. The number of nitrogens with zero attached hydrogens (tertiary/aromatic N) is 2. The summed E-state index contributed by atoms with van der Waals surface area (Å²) in [6.45, 7) is 2.74. The highest BCUT2D eigenvalue weighted by Crippen LogP contribution is 2.26. The Bertz CT molecular complexity index is 778. The zero-order valence-corrected chi connectivity index (χ0v) is 13.1. The molecular formula is C15H14N2O2S2. The SMILES string of the molecule is Cc1ccc2c(c1)nc(SCC(=O)O)n2Cc1ccsc1. The summed E-state index contributed by atoms with van der Waals surface area (Å²) in [7, 11) is 0. The van der Waals surface area contributed by atoms with Gasteiger partial charge in [-0.05, 0) is 47.0 Å². The molecule has 6 heteroatoms. The molecule has 0 radical (unpaired) electrons. The first-order valence-corrected chi connectivity index (χ1v) is 8.39. The largest absolute Gasteiger partial charge is 0.481 e. The fourth-order valence-electron chi connectivity index (χ4n) is 2.17. The molecule has 0 aliphatic heterocycles. The van der Waals surface area contributed by atoms with Gasteiger partial charge < -0.3 is 9.67 Å². The number of aryl methyl sites for hydroxylation is 1. The lowest BCUT2D eigenvalue weighted by atomic mass is 10.2. The van der Waals surface area contributed by atoms with E-state index >= 15 is 0 Å². The summed E-state index contributed by atoms with van der Waals surface area (Å²) in [6, 6.07) is 8.22. The second kappa shape index (κ2) is 5.91. The average Bonchev–Trinajstić information content (AvgIpc) is 3.05. The van der Waals surface area contributed by atoms with Crippen LogP contribution in [0.15, 0.2) is 40.2 Å². The molecule has 1 aromatic carbocycles. The fraction of sp³-hybridized carbons (Fsp3) is 0.200. The lowest BCUT2D eigenvalue weighted by molar-refractivity contribution is -0.133. The summed E-state index contributed by atoms with van der Waals surface area (Å²) < 4.78 is 2.09. The van der Waals surface area contributed by atoms with Crippen LogP contribution in [-0.2, 0) is 11.3 Å². The van der Waals surface area contributed by atoms with Gasteiger partial charge in [0.1, 0.15) is 0 Å². The standard InChI is InChI=1S/C15H14N2O2S2/c1-10-2-3-13-12(6-10)16-15(21-9-14(18)19)17(13)7-11-4-5-20-8-11/h2-6,8H,7,9H2,1H3,(H,18,19). The number of hydrogen-bond donors (Lipinski definition) is 1. The van der Waals surface area contributed by atoms with Gasteiger partial charge in [0, 0.05) is 0 Å². The van der Waals surface area contributed by atoms with Gasteiger partial charge >= 0.3 is 5.97 Å². The maximum Gasteiger partial charge on any atom is 0.313 e. The van der Waals surface area contributed by atoms with E-state index in [-0.39, 0.29) is 5.75 Å². The van der Waals surface area contributed by atoms with Crippen molar-refractivity contribution in [3.63, 3.8) is 0 Å². The van der Waals surface area contributed by atoms with Gasteiger partial charge in [0.2, 0.25) is 0 Å². The highest BCUT2D eigenvalue weighted by atomic mass is 32.2. The molecule has 0 amide bonds. The van der Waals surface area contributed by atoms with E-state index < -0.39 is 5.97 Å². The average molecular weight is 318 g/mol. The first kappa shape index (κ1) is 14.2. The van der Waals surface area contributed by atoms with E-state index in [0.717, 1.165) is 21.8 Å². The Kier molecular flexibility index (Phi) is 3.98. The Morgan fingerprint density at radius 2 is 2.29 bits per heavy atom. The second-order valence-corrected chi connectivity index (χ2v) is 6.51. The predicted molar refractivity (Wildman–Crippen MR) is 86.3 cm³/mol. The Hall–Kier alpha value is -1.79. The number of thioether (sulfide) groups is 1. The van der Waals surface area contributed by atoms with Crippen LogP contribution in [0.3, 0.4) is 0 Å². The van der Waals surface area contributed by atoms with E-state index in [2.05, 4.69) is 33.1 Å². The lowest BCUT2D eigenvalue weighted by Gasteiger charge is -2.07. The van der Waals surface area contributed by atoms with Crippen LogP contribution in [0.25, 0.3) is 11.0 Å². The van der Waals surface area contributed by atoms with Crippen molar-refractivity contribution in [3.05, 3.63) is 46.2 Å². The first-order valence-electron chi connectivity index (χ1n) is 6.46. The number of fused-ring (bicyclic) bond motifs is 1. The third-order valence-corrected chi connectivity index (χ3v) is 4.81. The quantitative estimate of drug-likeness (QED) is 0.730. The number of imidazole rings is 1. The zero-order chi connectivity index (χ0) is 14.8. The molecule has 1 N–H and O–H groups in total. The van der Waals surface area contributed by atoms with Gasteiger partial charge in [-0.2, -0.15) is 11.3 Å². The molecule has 3 aromatic rings. The van der Waals surface area contributed by atoms with Crippen molar-refractivity contribution >= 4 is 40.1 Å². The number of aliphatic carboxylic acids is 1. The van der Waals surface area contributed by atoms with Gasteiger partial charge in [0.25, 0.3) is 0 Å². The van der Waals surface area contributed by atoms with Gasteiger partial charge in [-0.25, -0.2) is 4.98 Å². The van der Waals surface area contributed by atoms with Gasteiger partial charge in [0.05, 0.1) is 23.3 Å². The second-order valence-electron chi connectivity index (χ2n) is 4.79. The summed E-state index contributed by atoms with van der Waals surface area (Å²) >= 11 is 2.92. The number of benzene rings is 1. The van der Waals surface area contributed by atoms with Crippen LogP contribution >= 0.6 is 23.1 Å². The molecule has 0 saturated heterocycles. The molecule has 108 valence electrons. The van der Waals surface area contributed by atoms with Crippen molar-refractivity contribution < 1.29 is 9.90 Å². The topological polar surface area (TPSA) is 55.1 Å². The van der Waals surface area contributed by atoms with Crippen LogP contribution in [0.2, 0.25) is 0 Å². The van der Waals surface area contributed by atoms with Crippen LogP contribution in [0.5, 0.6) is 0 Å². The van der Waals surface area contributed by atoms with Crippen molar-refractivity contribution in [2.45, 2.75) is 18.6 Å². The Labute approximate surface area is 130 Å². The Morgan fingerprint density at radius 1 is 1.43 bits per heavy atom. The van der Waals surface area contributed by atoms with Crippen molar-refractivity contribution in [2.75, 3.05) is 5.75 Å². The monoisotopic (exact) mass is 318 g/mol. The molecule has 2 aromatic heterocycles. The van der Waals surface area contributed by atoms with Crippen LogP contribution in [-0.4, -0.2) is 26.4 Å². The third-order valence-electron chi connectivity index (χ3n) is 3.11. The molecule has 0 unspecified atom stereocenters. The molecule has 21 heavy (non-hydrogen) atoms. The summed E-state index contributed by atoms with van der Waals surface area (Å²) in [5.41, 5.74) is 4.31. The fourth-order valence-corrected chi connectivity index (χ4v) is 3.57. The minimum Gasteiger partial charge on any atom is -0.481 e. The highest BCUT2D eigenvalue weighted by molar-refractivity contribution is 7.99. The summed E-state index contributed by atoms with van der Waals surface area (Å²) in [5, 5.41) is 13.8. The molecule has 0 atom stereocenters. The number of thiophene rings is 1. The van der Waals surface area contributed by atoms with Gasteiger partial charge in [-0.1, -0.05) is 17.8 Å². The normalized spacial score (nSPS) is 11.1. The molecule has 4 nitrogen and oxygen atoms in total. The maximum absolute atomic E-state index is 10.8. The lowest BCUT2D eigenvalue weighted by Crippen LogP contribution is -2.04. The van der Waals surface area contributed by atoms with Crippen molar-refractivity contribution in [1.82, 2.24) is 9.55 Å². The van der Waals surface area contributed by atoms with Crippen LogP contribution in [0, 0.1) is 6.92 Å². The van der Waals surface area contributed by atoms with Crippen LogP contribution < -0.4 is 0 Å². The summed E-state index contributed by atoms with van der Waals surface area (Å²) in [4.78, 5) is 15.4. The highest BCUT2D eigenvalue weighted by Gasteiger charge is 2.13. The minimum atomic E-state index is -0.828. The summed E-state index contributed by atoms with van der Waals surface area (Å²) in [6.07, 6.45) is 0. The van der Waals surface area contributed by atoms with E-state index in [9.17, 15) is 4.79 Å². The Balaban J connectivity index is 2.03. The number of hydrogen-bond acceptors (Lipinski definition) is 4. The molecule has 0 bridgehead atoms. The van der Waals surface area contributed by atoms with Gasteiger partial charge in [0.15, 0.2) is 5.16 Å². The number of carboxylic acid groups (broad SMARTS) is 1. The first-order chi connectivity index (χ1) is 10.1. The molecule has 2 heterocycles. The van der Waals surface area contributed by atoms with Crippen molar-refractivity contribution in [3.8, 4) is 0 Å². The van der Waals surface area contributed by atoms with E-state index in [1.54, 1.807) is 11.3 Å². The maximum atomic E-state index is 10.8. The third kappa shape index (κ3) is 3.11. The van der Waals surface area contributed by atoms with E-state index in [1.165, 1.54) is 17.3 Å². The van der Waals surface area contributed by atoms with Crippen molar-refractivity contribution in [2.24, 2.45) is 0 Å². The van der Waals surface area contributed by atoms with Gasteiger partial charge in [-0.3, -0.25) is 4.79 Å². The predicted octanol–water partition coefficient (Wildman–Crippen LogP) is 3.63. The van der Waals surface area contributed by atoms with Crippen LogP contribution in [0.4, 0.5) is 0 Å². The minimum absolute atomic E-state index is 0.0198. The molecule has 0 fully saturated rings. The zero-order valence-electron chi connectivity index (χ0n) is 11.4. The van der Waals surface area contributed by atoms with Gasteiger partial charge in [-0.15, -0.1) is 0 Å². The molecular weight excluding hydrogens is 304 g/mol. The molecule has 0 aliphatic rings. The van der Waals surface area contributed by atoms with E-state index in [0.29, 0.717) is 6.54 Å². The molecule has 3 rings (SSSR count). The van der Waals surface area contributed by atoms with Crippen molar-refractivity contribution in [1.29, 1.82) is 0 Å². The number of carbonyl (C=O) groups is 1. The number of rotatable bonds is 5. The Morgan fingerprint density at radius 3 is 3.00 bits per heavy atom.